The van der Waals surface area contributed by atoms with E-state index in [4.69, 9.17) is 4.74 Å². The summed E-state index contributed by atoms with van der Waals surface area (Å²) < 4.78 is 4.96. The molecule has 1 saturated carbocycles. The van der Waals surface area contributed by atoms with Crippen LogP contribution in [0.15, 0.2) is 12.2 Å². The molecule has 0 amide bonds. The van der Waals surface area contributed by atoms with Crippen molar-refractivity contribution in [3.63, 3.8) is 0 Å². The third-order valence-corrected chi connectivity index (χ3v) is 2.53. The van der Waals surface area contributed by atoms with Crippen LogP contribution in [0.25, 0.3) is 0 Å². The molecule has 0 bridgehead atoms. The van der Waals surface area contributed by atoms with E-state index in [1.165, 1.54) is 32.1 Å². The van der Waals surface area contributed by atoms with Gasteiger partial charge in [-0.25, -0.2) is 4.79 Å². The molecule has 1 N–H and O–H groups in total. The zero-order valence-electron chi connectivity index (χ0n) is 8.84. The molecule has 0 atom stereocenters. The van der Waals surface area contributed by atoms with Crippen LogP contribution in [0.3, 0.4) is 0 Å². The molecule has 1 fully saturated rings. The van der Waals surface area contributed by atoms with Crippen LogP contribution < -0.4 is 5.32 Å². The first-order valence-corrected chi connectivity index (χ1v) is 5.26. The van der Waals surface area contributed by atoms with Crippen molar-refractivity contribution >= 4 is 5.97 Å². The number of carbonyl (C=O) groups is 1. The van der Waals surface area contributed by atoms with Crippen molar-refractivity contribution in [2.75, 3.05) is 6.73 Å². The van der Waals surface area contributed by atoms with E-state index in [-0.39, 0.29) is 5.97 Å². The van der Waals surface area contributed by atoms with Crippen LogP contribution in [0, 0.1) is 0 Å². The zero-order chi connectivity index (χ0) is 10.4. The summed E-state index contributed by atoms with van der Waals surface area (Å²) in [6.45, 7) is 5.49. The molecule has 0 radical (unpaired) electrons. The molecule has 3 nitrogen and oxygen atoms in total. The van der Waals surface area contributed by atoms with Gasteiger partial charge in [0.2, 0.25) is 0 Å². The van der Waals surface area contributed by atoms with Crippen molar-refractivity contribution in [3.05, 3.63) is 12.2 Å². The van der Waals surface area contributed by atoms with E-state index in [0.717, 1.165) is 0 Å². The number of carbonyl (C=O) groups excluding carboxylic acids is 1. The molecule has 0 unspecified atom stereocenters. The van der Waals surface area contributed by atoms with Crippen LogP contribution in [-0.4, -0.2) is 18.7 Å². The van der Waals surface area contributed by atoms with Crippen molar-refractivity contribution in [3.8, 4) is 0 Å². The Labute approximate surface area is 85.5 Å². The lowest BCUT2D eigenvalue weighted by Gasteiger charge is -2.22. The molecule has 0 aliphatic heterocycles. The van der Waals surface area contributed by atoms with Gasteiger partial charge in [0.25, 0.3) is 0 Å². The quantitative estimate of drug-likeness (QED) is 0.425. The Kier molecular flexibility index (Phi) is 4.66. The van der Waals surface area contributed by atoms with Gasteiger partial charge in [-0.15, -0.1) is 0 Å². The maximum absolute atomic E-state index is 11.0. The zero-order valence-corrected chi connectivity index (χ0v) is 8.84. The second kappa shape index (κ2) is 5.81. The molecular weight excluding hydrogens is 178 g/mol. The fraction of sp³-hybridized carbons (Fsp3) is 0.727. The standard InChI is InChI=1S/C11H19NO2/c1-9(2)11(13)14-8-12-10-6-4-3-5-7-10/h10,12H,1,3-8H2,2H3. The van der Waals surface area contributed by atoms with Gasteiger partial charge in [-0.1, -0.05) is 25.8 Å². The van der Waals surface area contributed by atoms with Gasteiger partial charge in [0.05, 0.1) is 0 Å². The number of ether oxygens (including phenoxy) is 1. The fourth-order valence-electron chi connectivity index (χ4n) is 1.65. The van der Waals surface area contributed by atoms with E-state index in [0.29, 0.717) is 18.3 Å². The van der Waals surface area contributed by atoms with E-state index < -0.39 is 0 Å². The third-order valence-electron chi connectivity index (χ3n) is 2.53. The molecule has 1 aliphatic carbocycles. The molecule has 14 heavy (non-hydrogen) atoms. The molecule has 0 aromatic carbocycles. The Balaban J connectivity index is 2.08. The molecule has 3 heteroatoms. The maximum Gasteiger partial charge on any atom is 0.334 e. The lowest BCUT2D eigenvalue weighted by molar-refractivity contribution is -0.139. The Morgan fingerprint density at radius 1 is 1.43 bits per heavy atom. The first kappa shape index (κ1) is 11.2. The van der Waals surface area contributed by atoms with E-state index in [1.54, 1.807) is 6.92 Å². The normalized spacial score (nSPS) is 17.8. The molecule has 1 rings (SSSR count). The van der Waals surface area contributed by atoms with Gasteiger partial charge in [-0.3, -0.25) is 5.32 Å². The fourth-order valence-corrected chi connectivity index (χ4v) is 1.65. The molecule has 0 aromatic rings. The Morgan fingerprint density at radius 2 is 2.07 bits per heavy atom. The van der Waals surface area contributed by atoms with Crippen molar-refractivity contribution in [2.45, 2.75) is 45.1 Å². The molecule has 0 saturated heterocycles. The predicted octanol–water partition coefficient (Wildman–Crippen LogP) is 1.99. The summed E-state index contributed by atoms with van der Waals surface area (Å²) in [6.07, 6.45) is 6.30. The first-order valence-electron chi connectivity index (χ1n) is 5.26. The Hall–Kier alpha value is -0.830. The number of rotatable bonds is 4. The second-order valence-electron chi connectivity index (χ2n) is 3.90. The van der Waals surface area contributed by atoms with Gasteiger partial charge >= 0.3 is 5.97 Å². The van der Waals surface area contributed by atoms with E-state index in [9.17, 15) is 4.79 Å². The lowest BCUT2D eigenvalue weighted by Crippen LogP contribution is -2.33. The Bertz CT molecular complexity index is 207. The van der Waals surface area contributed by atoms with Crippen LogP contribution in [0.2, 0.25) is 0 Å². The van der Waals surface area contributed by atoms with Gasteiger partial charge < -0.3 is 4.74 Å². The van der Waals surface area contributed by atoms with Gasteiger partial charge in [0, 0.05) is 11.6 Å². The molecule has 0 spiro atoms. The summed E-state index contributed by atoms with van der Waals surface area (Å²) in [4.78, 5) is 11.0. The minimum Gasteiger partial charge on any atom is -0.446 e. The van der Waals surface area contributed by atoms with Crippen LogP contribution >= 0.6 is 0 Å². The van der Waals surface area contributed by atoms with Crippen LogP contribution in [-0.2, 0) is 9.53 Å². The summed E-state index contributed by atoms with van der Waals surface area (Å²) in [5, 5.41) is 3.22. The first-order chi connectivity index (χ1) is 6.70. The molecule has 0 heterocycles. The topological polar surface area (TPSA) is 38.3 Å². The highest BCUT2D eigenvalue weighted by molar-refractivity contribution is 5.86. The molecule has 1 aliphatic rings. The summed E-state index contributed by atoms with van der Waals surface area (Å²) in [5.41, 5.74) is 0.454. The number of hydrogen-bond acceptors (Lipinski definition) is 3. The van der Waals surface area contributed by atoms with Crippen molar-refractivity contribution < 1.29 is 9.53 Å². The van der Waals surface area contributed by atoms with E-state index in [1.807, 2.05) is 0 Å². The number of esters is 1. The van der Waals surface area contributed by atoms with Crippen LogP contribution in [0.4, 0.5) is 0 Å². The van der Waals surface area contributed by atoms with Crippen LogP contribution in [0.1, 0.15) is 39.0 Å². The van der Waals surface area contributed by atoms with Gasteiger partial charge in [0.15, 0.2) is 0 Å². The highest BCUT2D eigenvalue weighted by atomic mass is 16.5. The highest BCUT2D eigenvalue weighted by Gasteiger charge is 2.12. The van der Waals surface area contributed by atoms with E-state index >= 15 is 0 Å². The summed E-state index contributed by atoms with van der Waals surface area (Å²) in [7, 11) is 0. The average molecular weight is 197 g/mol. The average Bonchev–Trinajstić information content (AvgIpc) is 2.19. The maximum atomic E-state index is 11.0. The van der Waals surface area contributed by atoms with Crippen molar-refractivity contribution in [1.82, 2.24) is 5.32 Å². The largest absolute Gasteiger partial charge is 0.446 e. The summed E-state index contributed by atoms with van der Waals surface area (Å²) >= 11 is 0. The monoisotopic (exact) mass is 197 g/mol. The predicted molar refractivity (Wildman–Crippen MR) is 55.8 cm³/mol. The molecule has 0 aromatic heterocycles. The van der Waals surface area contributed by atoms with E-state index in [2.05, 4.69) is 11.9 Å². The minimum atomic E-state index is -0.312. The highest BCUT2D eigenvalue weighted by Crippen LogP contribution is 2.16. The Morgan fingerprint density at radius 3 is 2.64 bits per heavy atom. The summed E-state index contributed by atoms with van der Waals surface area (Å²) in [5.74, 6) is -0.312. The number of hydrogen-bond donors (Lipinski definition) is 1. The molecular formula is C11H19NO2. The smallest absolute Gasteiger partial charge is 0.334 e. The third kappa shape index (κ3) is 3.92. The molecule has 80 valence electrons. The SMILES string of the molecule is C=C(C)C(=O)OCNC1CCCCC1. The number of nitrogens with one attached hydrogen (secondary N) is 1. The van der Waals surface area contributed by atoms with Crippen molar-refractivity contribution in [2.24, 2.45) is 0 Å². The van der Waals surface area contributed by atoms with Gasteiger partial charge in [-0.05, 0) is 19.8 Å². The lowest BCUT2D eigenvalue weighted by atomic mass is 9.96. The van der Waals surface area contributed by atoms with Crippen molar-refractivity contribution in [1.29, 1.82) is 0 Å². The van der Waals surface area contributed by atoms with Crippen LogP contribution in [0.5, 0.6) is 0 Å². The van der Waals surface area contributed by atoms with Gasteiger partial charge in [-0.2, -0.15) is 0 Å². The second-order valence-corrected chi connectivity index (χ2v) is 3.90. The summed E-state index contributed by atoms with van der Waals surface area (Å²) in [6, 6.07) is 0.529. The minimum absolute atomic E-state index is 0.312. The van der Waals surface area contributed by atoms with Gasteiger partial charge in [0.1, 0.15) is 6.73 Å².